The topological polar surface area (TPSA) is 205 Å². The molecule has 17 heavy (non-hydrogen) atoms. The van der Waals surface area contributed by atoms with Gasteiger partial charge in [0.05, 0.1) is 0 Å². The predicted octanol–water partition coefficient (Wildman–Crippen LogP) is -0.347. The van der Waals surface area contributed by atoms with Gasteiger partial charge in [-0.1, -0.05) is 0 Å². The van der Waals surface area contributed by atoms with Gasteiger partial charge in [0.1, 0.15) is 0 Å². The first-order valence-electron chi connectivity index (χ1n) is 3.32. The molecule has 0 aromatic carbocycles. The second-order valence-electron chi connectivity index (χ2n) is 2.03. The van der Waals surface area contributed by atoms with Crippen molar-refractivity contribution in [3.05, 3.63) is 0 Å². The summed E-state index contributed by atoms with van der Waals surface area (Å²) in [6, 6.07) is 0. The van der Waals surface area contributed by atoms with E-state index in [-0.39, 0.29) is 0 Å². The smallest absolute Gasteiger partial charge is 0.302 e. The van der Waals surface area contributed by atoms with E-state index in [0.717, 1.165) is 7.11 Å². The molecule has 0 aromatic heterocycles. The van der Waals surface area contributed by atoms with Gasteiger partial charge in [0.2, 0.25) is 0 Å². The maximum absolute atomic E-state index is 11.4. The first-order chi connectivity index (χ1) is 7.66. The van der Waals surface area contributed by atoms with Crippen LogP contribution in [0.25, 0.3) is 0 Å². The first-order valence-corrected chi connectivity index (χ1v) is 7.74. The number of phosphoric ester groups is 1. The summed E-state index contributed by atoms with van der Waals surface area (Å²) >= 11 is 0. The van der Waals surface area contributed by atoms with E-state index in [0.29, 0.717) is 0 Å². The van der Waals surface area contributed by atoms with Crippen molar-refractivity contribution in [1.29, 1.82) is 0 Å². The van der Waals surface area contributed by atoms with E-state index in [2.05, 4.69) is 44.7 Å². The monoisotopic (exact) mass is 317 g/mol. The van der Waals surface area contributed by atoms with Gasteiger partial charge < -0.3 is 4.89 Å². The second-order valence-corrected chi connectivity index (χ2v) is 7.06. The lowest BCUT2D eigenvalue weighted by atomic mass is 11.8. The van der Waals surface area contributed by atoms with Gasteiger partial charge in [-0.05, 0) is 0 Å². The van der Waals surface area contributed by atoms with E-state index in [9.17, 15) is 13.7 Å². The van der Waals surface area contributed by atoms with Gasteiger partial charge >= 0.3 is 23.5 Å². The Labute approximate surface area is 94.7 Å². The summed E-state index contributed by atoms with van der Waals surface area (Å²) in [5.41, 5.74) is 0. The highest BCUT2D eigenvalue weighted by molar-refractivity contribution is 7.67. The van der Waals surface area contributed by atoms with Crippen LogP contribution < -0.4 is 17.7 Å². The highest BCUT2D eigenvalue weighted by Crippen LogP contribution is 2.70. The van der Waals surface area contributed by atoms with Crippen LogP contribution in [0.3, 0.4) is 0 Å². The normalized spacial score (nSPS) is 19.6. The molecular formula is CH10N3O10P3. The number of nitrogens with two attached hydrogens (primary N) is 3. The van der Waals surface area contributed by atoms with Crippen LogP contribution in [0, 0.1) is 0 Å². The molecule has 13 nitrogen and oxygen atoms in total. The Kier molecular flexibility index (Phi) is 6.56. The molecule has 0 spiro atoms. The summed E-state index contributed by atoms with van der Waals surface area (Å²) < 4.78 is 56.1. The molecule has 0 heterocycles. The molecule has 0 bridgehead atoms. The minimum atomic E-state index is -5.03. The molecule has 2 atom stereocenters. The van der Waals surface area contributed by atoms with Crippen LogP contribution in [0.4, 0.5) is 0 Å². The molecule has 0 radical (unpaired) electrons. The van der Waals surface area contributed by atoms with Crippen molar-refractivity contribution in [1.82, 2.24) is 0 Å². The SMILES string of the molecule is COP(=O)(O)OP(=O)(ON)OP(=O)(ON)ON. The van der Waals surface area contributed by atoms with Gasteiger partial charge in [0, 0.05) is 7.11 Å². The average molecular weight is 317 g/mol. The molecule has 7 N–H and O–H groups in total. The Hall–Kier alpha value is 0.290. The molecule has 0 amide bonds. The fourth-order valence-corrected chi connectivity index (χ4v) is 3.71. The fraction of sp³-hybridized carbons (Fsp3) is 1.00. The molecule has 2 unspecified atom stereocenters. The molecule has 0 aliphatic heterocycles. The van der Waals surface area contributed by atoms with Gasteiger partial charge in [0.25, 0.3) is 0 Å². The molecule has 0 aliphatic rings. The summed E-state index contributed by atoms with van der Waals surface area (Å²) in [7, 11) is -13.9. The molecule has 0 rings (SSSR count). The summed E-state index contributed by atoms with van der Waals surface area (Å²) in [5.74, 6) is 13.4. The van der Waals surface area contributed by atoms with Crippen LogP contribution >= 0.6 is 23.5 Å². The minimum Gasteiger partial charge on any atom is -0.302 e. The van der Waals surface area contributed by atoms with Gasteiger partial charge in [-0.2, -0.15) is 17.9 Å². The fourth-order valence-electron chi connectivity index (χ4n) is 0.399. The van der Waals surface area contributed by atoms with Crippen LogP contribution in [0.5, 0.6) is 0 Å². The third-order valence-corrected chi connectivity index (χ3v) is 5.48. The second kappa shape index (κ2) is 6.45. The van der Waals surface area contributed by atoms with E-state index in [4.69, 9.17) is 4.89 Å². The molecule has 0 aromatic rings. The van der Waals surface area contributed by atoms with Gasteiger partial charge in [0.15, 0.2) is 0 Å². The molecule has 0 saturated heterocycles. The average Bonchev–Trinajstić information content (AvgIpc) is 2.28. The van der Waals surface area contributed by atoms with Crippen LogP contribution in [-0.2, 0) is 40.7 Å². The van der Waals surface area contributed by atoms with Gasteiger partial charge in [-0.3, -0.25) is 4.52 Å². The Balaban J connectivity index is 5.00. The Morgan fingerprint density at radius 1 is 0.882 bits per heavy atom. The molecule has 16 heteroatoms. The first kappa shape index (κ1) is 17.3. The number of phosphoric acid groups is 3. The number of rotatable bonds is 8. The molecule has 0 aliphatic carbocycles. The van der Waals surface area contributed by atoms with E-state index < -0.39 is 23.5 Å². The van der Waals surface area contributed by atoms with Crippen molar-refractivity contribution >= 4 is 23.5 Å². The van der Waals surface area contributed by atoms with Crippen molar-refractivity contribution in [2.45, 2.75) is 0 Å². The van der Waals surface area contributed by atoms with Crippen LogP contribution in [0.15, 0.2) is 0 Å². The zero-order valence-electron chi connectivity index (χ0n) is 8.20. The van der Waals surface area contributed by atoms with Crippen LogP contribution in [-0.4, -0.2) is 12.0 Å². The van der Waals surface area contributed by atoms with Crippen molar-refractivity contribution < 1.29 is 45.6 Å². The van der Waals surface area contributed by atoms with Crippen molar-refractivity contribution in [3.8, 4) is 0 Å². The Morgan fingerprint density at radius 2 is 1.29 bits per heavy atom. The van der Waals surface area contributed by atoms with Crippen molar-refractivity contribution in [2.24, 2.45) is 17.7 Å². The van der Waals surface area contributed by atoms with E-state index in [1.54, 1.807) is 0 Å². The zero-order valence-corrected chi connectivity index (χ0v) is 10.9. The highest BCUT2D eigenvalue weighted by Gasteiger charge is 2.45. The van der Waals surface area contributed by atoms with E-state index >= 15 is 0 Å². The van der Waals surface area contributed by atoms with Gasteiger partial charge in [-0.15, -0.1) is 0 Å². The third-order valence-electron chi connectivity index (χ3n) is 1.02. The number of hydrogen-bond acceptors (Lipinski definition) is 12. The van der Waals surface area contributed by atoms with Gasteiger partial charge in [-0.25, -0.2) is 36.0 Å². The molecular weight excluding hydrogens is 307 g/mol. The highest BCUT2D eigenvalue weighted by atomic mass is 31.3. The minimum absolute atomic E-state index is 0.736. The summed E-state index contributed by atoms with van der Waals surface area (Å²) in [6.45, 7) is 0. The lowest BCUT2D eigenvalue weighted by molar-refractivity contribution is 0.123. The maximum Gasteiger partial charge on any atom is 0.516 e. The third kappa shape index (κ3) is 5.64. The summed E-state index contributed by atoms with van der Waals surface area (Å²) in [4.78, 5) is 8.82. The largest absolute Gasteiger partial charge is 0.516 e. The Morgan fingerprint density at radius 3 is 1.59 bits per heavy atom. The zero-order chi connectivity index (χ0) is 13.7. The predicted molar refractivity (Wildman–Crippen MR) is 50.0 cm³/mol. The number of hydrogen-bond donors (Lipinski definition) is 4. The van der Waals surface area contributed by atoms with Crippen LogP contribution in [0.1, 0.15) is 0 Å². The molecule has 0 saturated carbocycles. The maximum atomic E-state index is 11.4. The van der Waals surface area contributed by atoms with E-state index in [1.165, 1.54) is 0 Å². The quantitative estimate of drug-likeness (QED) is 0.334. The van der Waals surface area contributed by atoms with Crippen molar-refractivity contribution in [2.75, 3.05) is 7.11 Å². The molecule has 0 fully saturated rings. The van der Waals surface area contributed by atoms with Crippen molar-refractivity contribution in [3.63, 3.8) is 0 Å². The van der Waals surface area contributed by atoms with Crippen LogP contribution in [0.2, 0.25) is 0 Å². The summed E-state index contributed by atoms with van der Waals surface area (Å²) in [5, 5.41) is 0. The lowest BCUT2D eigenvalue weighted by Crippen LogP contribution is -2.10. The Bertz CT molecular complexity index is 373. The summed E-state index contributed by atoms with van der Waals surface area (Å²) in [6.07, 6.45) is 0. The van der Waals surface area contributed by atoms with E-state index in [1.807, 2.05) is 0 Å². The lowest BCUT2D eigenvalue weighted by Gasteiger charge is -2.19. The molecule has 104 valence electrons. The standard InChI is InChI=1S/CH10N3O10P3/c1-9-15(5,6)13-17(8,12-4)14-16(7,10-2)11-3/h2-4H2,1H3,(H,5,6).